The predicted molar refractivity (Wildman–Crippen MR) is 60.6 cm³/mol. The van der Waals surface area contributed by atoms with Gasteiger partial charge in [0.05, 0.1) is 12.2 Å². The van der Waals surface area contributed by atoms with Crippen molar-refractivity contribution in [2.45, 2.75) is 31.6 Å². The molecule has 2 N–H and O–H groups in total. The topological polar surface area (TPSA) is 93.5 Å². The maximum Gasteiger partial charge on any atom is 0.332 e. The van der Waals surface area contributed by atoms with Crippen LogP contribution in [0, 0.1) is 0 Å². The number of hydrogen-bond acceptors (Lipinski definition) is 4. The number of carbonyl (C=O) groups is 2. The molecule has 1 amide bonds. The molecule has 2 heterocycles. The number of carboxylic acids is 1. The number of rotatable bonds is 4. The summed E-state index contributed by atoms with van der Waals surface area (Å²) >= 11 is 0. The van der Waals surface area contributed by atoms with Gasteiger partial charge in [-0.05, 0) is 18.9 Å². The van der Waals surface area contributed by atoms with Crippen LogP contribution >= 0.6 is 0 Å². The molecular weight excluding hydrogens is 238 g/mol. The van der Waals surface area contributed by atoms with Gasteiger partial charge in [-0.2, -0.15) is 5.10 Å². The minimum atomic E-state index is -1.02. The molecule has 1 saturated heterocycles. The van der Waals surface area contributed by atoms with Gasteiger partial charge in [0.1, 0.15) is 6.10 Å². The molecule has 0 saturated carbocycles. The molecule has 0 spiro atoms. The summed E-state index contributed by atoms with van der Waals surface area (Å²) in [6.07, 6.45) is 0.929. The van der Waals surface area contributed by atoms with Crippen LogP contribution in [0.25, 0.3) is 0 Å². The molecule has 7 nitrogen and oxygen atoms in total. The zero-order valence-corrected chi connectivity index (χ0v) is 10.00. The Balaban J connectivity index is 1.83. The number of carbonyl (C=O) groups excluding carboxylic acids is 1. The number of amides is 1. The number of ether oxygens (including phenoxy) is 1. The lowest BCUT2D eigenvalue weighted by Gasteiger charge is -2.11. The van der Waals surface area contributed by atoms with Gasteiger partial charge < -0.3 is 15.2 Å². The Bertz CT molecular complexity index is 457. The molecule has 2 unspecified atom stereocenters. The quantitative estimate of drug-likeness (QED) is 0.766. The van der Waals surface area contributed by atoms with Crippen molar-refractivity contribution < 1.29 is 19.4 Å². The predicted octanol–water partition coefficient (Wildman–Crippen LogP) is -0.331. The third kappa shape index (κ3) is 2.67. The Morgan fingerprint density at radius 2 is 2.28 bits per heavy atom. The van der Waals surface area contributed by atoms with Crippen molar-refractivity contribution in [1.29, 1.82) is 0 Å². The highest BCUT2D eigenvalue weighted by Gasteiger charge is 2.34. The summed E-state index contributed by atoms with van der Waals surface area (Å²) in [6.45, 7) is 0.354. The number of aliphatic carboxylic acids is 1. The van der Waals surface area contributed by atoms with Crippen LogP contribution in [-0.4, -0.2) is 39.0 Å². The van der Waals surface area contributed by atoms with E-state index >= 15 is 0 Å². The van der Waals surface area contributed by atoms with E-state index in [1.165, 1.54) is 0 Å². The molecule has 18 heavy (non-hydrogen) atoms. The normalized spacial score (nSPS) is 22.9. The summed E-state index contributed by atoms with van der Waals surface area (Å²) in [6, 6.07) is 1.80. The highest BCUT2D eigenvalue weighted by Crippen LogP contribution is 2.19. The molecule has 1 aromatic heterocycles. The lowest BCUT2D eigenvalue weighted by Crippen LogP contribution is -2.35. The van der Waals surface area contributed by atoms with E-state index in [2.05, 4.69) is 10.4 Å². The second kappa shape index (κ2) is 5.18. The van der Waals surface area contributed by atoms with Crippen LogP contribution in [-0.2, 0) is 27.9 Å². The maximum absolute atomic E-state index is 11.8. The second-order valence-corrected chi connectivity index (χ2v) is 4.19. The van der Waals surface area contributed by atoms with E-state index in [1.807, 2.05) is 0 Å². The first-order valence-corrected chi connectivity index (χ1v) is 5.71. The standard InChI is InChI=1S/C11H15N3O4/c1-14-7(4-5-13-14)6-12-10(15)8-2-3-9(18-8)11(16)17/h4-5,8-9H,2-3,6H2,1H3,(H,12,15)(H,16,17). The Hall–Kier alpha value is -1.89. The van der Waals surface area contributed by atoms with Crippen LogP contribution in [0.2, 0.25) is 0 Å². The van der Waals surface area contributed by atoms with Gasteiger partial charge in [-0.15, -0.1) is 0 Å². The molecule has 2 atom stereocenters. The number of hydrogen-bond donors (Lipinski definition) is 2. The SMILES string of the molecule is Cn1nccc1CNC(=O)C1CCC(C(=O)O)O1. The summed E-state index contributed by atoms with van der Waals surface area (Å²) < 4.78 is 6.81. The van der Waals surface area contributed by atoms with Gasteiger partial charge in [-0.3, -0.25) is 9.48 Å². The van der Waals surface area contributed by atoms with Crippen molar-refractivity contribution in [2.24, 2.45) is 7.05 Å². The van der Waals surface area contributed by atoms with Gasteiger partial charge in [-0.25, -0.2) is 4.79 Å². The van der Waals surface area contributed by atoms with Gasteiger partial charge in [0.15, 0.2) is 6.10 Å². The number of aromatic nitrogens is 2. The van der Waals surface area contributed by atoms with Gasteiger partial charge in [0.25, 0.3) is 0 Å². The van der Waals surface area contributed by atoms with Crippen LogP contribution in [0.5, 0.6) is 0 Å². The second-order valence-electron chi connectivity index (χ2n) is 4.19. The van der Waals surface area contributed by atoms with Crippen LogP contribution in [0.3, 0.4) is 0 Å². The zero-order chi connectivity index (χ0) is 13.1. The molecule has 0 bridgehead atoms. The van der Waals surface area contributed by atoms with E-state index in [9.17, 15) is 9.59 Å². The van der Waals surface area contributed by atoms with E-state index < -0.39 is 18.2 Å². The molecule has 1 aliphatic heterocycles. The van der Waals surface area contributed by atoms with Crippen LogP contribution < -0.4 is 5.32 Å². The molecule has 2 rings (SSSR count). The van der Waals surface area contributed by atoms with E-state index in [4.69, 9.17) is 9.84 Å². The Morgan fingerprint density at radius 1 is 1.56 bits per heavy atom. The summed E-state index contributed by atoms with van der Waals surface area (Å²) in [5, 5.41) is 15.5. The highest BCUT2D eigenvalue weighted by atomic mass is 16.5. The summed E-state index contributed by atoms with van der Waals surface area (Å²) in [5.41, 5.74) is 0.871. The van der Waals surface area contributed by atoms with Crippen molar-refractivity contribution in [3.63, 3.8) is 0 Å². The van der Waals surface area contributed by atoms with Crippen LogP contribution in [0.15, 0.2) is 12.3 Å². The monoisotopic (exact) mass is 253 g/mol. The summed E-state index contributed by atoms with van der Waals surface area (Å²) in [7, 11) is 1.79. The number of nitrogens with zero attached hydrogens (tertiary/aromatic N) is 2. The minimum Gasteiger partial charge on any atom is -0.479 e. The first kappa shape index (κ1) is 12.6. The maximum atomic E-state index is 11.8. The van der Waals surface area contributed by atoms with Gasteiger partial charge in [-0.1, -0.05) is 0 Å². The number of aryl methyl sites for hydroxylation is 1. The average molecular weight is 253 g/mol. The van der Waals surface area contributed by atoms with E-state index in [0.717, 1.165) is 5.69 Å². The van der Waals surface area contributed by atoms with Crippen molar-refractivity contribution in [3.05, 3.63) is 18.0 Å². The van der Waals surface area contributed by atoms with Gasteiger partial charge in [0.2, 0.25) is 5.91 Å². The number of carboxylic acid groups (broad SMARTS) is 1. The van der Waals surface area contributed by atoms with Gasteiger partial charge in [0, 0.05) is 13.2 Å². The van der Waals surface area contributed by atoms with E-state index in [1.54, 1.807) is 24.0 Å². The average Bonchev–Trinajstić information content (AvgIpc) is 2.94. The Morgan fingerprint density at radius 3 is 2.83 bits per heavy atom. The highest BCUT2D eigenvalue weighted by molar-refractivity contribution is 5.82. The van der Waals surface area contributed by atoms with Crippen molar-refractivity contribution in [1.82, 2.24) is 15.1 Å². The lowest BCUT2D eigenvalue weighted by molar-refractivity contribution is -0.151. The van der Waals surface area contributed by atoms with Crippen molar-refractivity contribution >= 4 is 11.9 Å². The molecular formula is C11H15N3O4. The third-order valence-electron chi connectivity index (χ3n) is 2.95. The summed E-state index contributed by atoms with van der Waals surface area (Å²) in [4.78, 5) is 22.5. The molecule has 0 aromatic carbocycles. The zero-order valence-electron chi connectivity index (χ0n) is 10.00. The molecule has 7 heteroatoms. The molecule has 1 aliphatic rings. The van der Waals surface area contributed by atoms with Crippen molar-refractivity contribution in [3.8, 4) is 0 Å². The fraction of sp³-hybridized carbons (Fsp3) is 0.545. The Kier molecular flexibility index (Phi) is 3.61. The minimum absolute atomic E-state index is 0.278. The molecule has 0 aliphatic carbocycles. The first-order chi connectivity index (χ1) is 8.58. The van der Waals surface area contributed by atoms with E-state index in [0.29, 0.717) is 19.4 Å². The smallest absolute Gasteiger partial charge is 0.332 e. The third-order valence-corrected chi connectivity index (χ3v) is 2.95. The molecule has 0 radical (unpaired) electrons. The lowest BCUT2D eigenvalue weighted by atomic mass is 10.2. The molecule has 1 fully saturated rings. The fourth-order valence-corrected chi connectivity index (χ4v) is 1.88. The molecule has 1 aromatic rings. The van der Waals surface area contributed by atoms with Crippen LogP contribution in [0.1, 0.15) is 18.5 Å². The molecule has 98 valence electrons. The summed E-state index contributed by atoms with van der Waals surface area (Å²) in [5.74, 6) is -1.29. The Labute approximate surface area is 104 Å². The fourth-order valence-electron chi connectivity index (χ4n) is 1.88. The van der Waals surface area contributed by atoms with Crippen molar-refractivity contribution in [2.75, 3.05) is 0 Å². The van der Waals surface area contributed by atoms with Crippen LogP contribution in [0.4, 0.5) is 0 Å². The van der Waals surface area contributed by atoms with E-state index in [-0.39, 0.29) is 5.91 Å². The number of nitrogens with one attached hydrogen (secondary N) is 1. The van der Waals surface area contributed by atoms with Gasteiger partial charge >= 0.3 is 5.97 Å². The first-order valence-electron chi connectivity index (χ1n) is 5.71. The largest absolute Gasteiger partial charge is 0.479 e.